The third-order valence-electron chi connectivity index (χ3n) is 2.88. The number of nitrogens with one attached hydrogen (secondary N) is 1. The maximum absolute atomic E-state index is 9.80. The van der Waals surface area contributed by atoms with E-state index in [2.05, 4.69) is 17.2 Å². The van der Waals surface area contributed by atoms with Crippen LogP contribution in [0.15, 0.2) is 42.7 Å². The van der Waals surface area contributed by atoms with Crippen molar-refractivity contribution in [1.29, 1.82) is 0 Å². The smallest absolute Gasteiger partial charge is 0.138 e. The van der Waals surface area contributed by atoms with Crippen molar-refractivity contribution in [2.75, 3.05) is 0 Å². The third-order valence-corrected chi connectivity index (χ3v) is 3.18. The van der Waals surface area contributed by atoms with Crippen molar-refractivity contribution in [1.82, 2.24) is 10.3 Å². The first-order chi connectivity index (χ1) is 8.68. The molecule has 1 atom stereocenters. The van der Waals surface area contributed by atoms with E-state index in [1.165, 1.54) is 0 Å². The number of phenols is 1. The van der Waals surface area contributed by atoms with Crippen molar-refractivity contribution in [2.45, 2.75) is 19.5 Å². The number of phenolic OH excluding ortho intramolecular Hbond substituents is 1. The quantitative estimate of drug-likeness (QED) is 0.889. The molecular formula is C14H15ClN2O. The van der Waals surface area contributed by atoms with Crippen molar-refractivity contribution in [2.24, 2.45) is 0 Å². The number of nitrogens with zero attached hydrogens (tertiary/aromatic N) is 1. The summed E-state index contributed by atoms with van der Waals surface area (Å²) < 4.78 is 0. The van der Waals surface area contributed by atoms with Gasteiger partial charge in [-0.1, -0.05) is 23.7 Å². The number of aromatic hydroxyl groups is 1. The summed E-state index contributed by atoms with van der Waals surface area (Å²) in [6, 6.07) is 9.48. The van der Waals surface area contributed by atoms with Crippen LogP contribution in [0.2, 0.25) is 5.02 Å². The van der Waals surface area contributed by atoms with Gasteiger partial charge in [0.05, 0.1) is 5.02 Å². The Bertz CT molecular complexity index is 516. The SMILES string of the molecule is C[C@@H](NCc1cccc(Cl)c1O)c1ccncc1. The zero-order chi connectivity index (χ0) is 13.0. The zero-order valence-corrected chi connectivity index (χ0v) is 10.9. The van der Waals surface area contributed by atoms with Crippen LogP contribution in [-0.4, -0.2) is 10.1 Å². The van der Waals surface area contributed by atoms with Gasteiger partial charge in [-0.25, -0.2) is 0 Å². The van der Waals surface area contributed by atoms with E-state index in [1.54, 1.807) is 18.5 Å². The Morgan fingerprint density at radius 2 is 2.00 bits per heavy atom. The molecular weight excluding hydrogens is 248 g/mol. The van der Waals surface area contributed by atoms with E-state index >= 15 is 0 Å². The molecule has 0 aliphatic carbocycles. The van der Waals surface area contributed by atoms with Gasteiger partial charge in [-0.15, -0.1) is 0 Å². The van der Waals surface area contributed by atoms with Gasteiger partial charge in [0.25, 0.3) is 0 Å². The van der Waals surface area contributed by atoms with Crippen molar-refractivity contribution in [3.05, 3.63) is 58.9 Å². The Hall–Kier alpha value is -1.58. The highest BCUT2D eigenvalue weighted by Gasteiger charge is 2.08. The number of hydrogen-bond donors (Lipinski definition) is 2. The molecule has 0 saturated carbocycles. The van der Waals surface area contributed by atoms with E-state index in [-0.39, 0.29) is 11.8 Å². The predicted molar refractivity (Wildman–Crippen MR) is 72.6 cm³/mol. The molecule has 0 fully saturated rings. The monoisotopic (exact) mass is 262 g/mol. The normalized spacial score (nSPS) is 12.3. The van der Waals surface area contributed by atoms with Crippen molar-refractivity contribution in [3.63, 3.8) is 0 Å². The highest BCUT2D eigenvalue weighted by molar-refractivity contribution is 6.32. The van der Waals surface area contributed by atoms with E-state index < -0.39 is 0 Å². The maximum atomic E-state index is 9.80. The Balaban J connectivity index is 2.02. The molecule has 94 valence electrons. The summed E-state index contributed by atoms with van der Waals surface area (Å²) in [5.74, 6) is 0.147. The summed E-state index contributed by atoms with van der Waals surface area (Å²) in [5, 5.41) is 13.5. The second-order valence-corrected chi connectivity index (χ2v) is 4.54. The average Bonchev–Trinajstić information content (AvgIpc) is 2.41. The van der Waals surface area contributed by atoms with Crippen LogP contribution >= 0.6 is 11.6 Å². The zero-order valence-electron chi connectivity index (χ0n) is 10.1. The second-order valence-electron chi connectivity index (χ2n) is 4.13. The van der Waals surface area contributed by atoms with Gasteiger partial charge < -0.3 is 10.4 Å². The van der Waals surface area contributed by atoms with Gasteiger partial charge in [0.15, 0.2) is 0 Å². The van der Waals surface area contributed by atoms with Crippen molar-refractivity contribution in [3.8, 4) is 5.75 Å². The van der Waals surface area contributed by atoms with Crippen LogP contribution in [0.3, 0.4) is 0 Å². The summed E-state index contributed by atoms with van der Waals surface area (Å²) in [6.07, 6.45) is 3.54. The molecule has 1 aromatic heterocycles. The molecule has 0 aliphatic heterocycles. The maximum Gasteiger partial charge on any atom is 0.138 e. The molecule has 1 heterocycles. The fourth-order valence-electron chi connectivity index (χ4n) is 1.74. The number of benzene rings is 1. The molecule has 4 heteroatoms. The van der Waals surface area contributed by atoms with Crippen LogP contribution < -0.4 is 5.32 Å². The molecule has 2 rings (SSSR count). The number of pyridine rings is 1. The van der Waals surface area contributed by atoms with Gasteiger partial charge in [-0.05, 0) is 30.7 Å². The van der Waals surface area contributed by atoms with E-state index in [0.29, 0.717) is 11.6 Å². The molecule has 0 radical (unpaired) electrons. The Kier molecular flexibility index (Phi) is 4.18. The van der Waals surface area contributed by atoms with Crippen molar-refractivity contribution >= 4 is 11.6 Å². The van der Waals surface area contributed by atoms with E-state index in [9.17, 15) is 5.11 Å². The Morgan fingerprint density at radius 1 is 1.28 bits per heavy atom. The summed E-state index contributed by atoms with van der Waals surface area (Å²) in [5.41, 5.74) is 1.95. The molecule has 18 heavy (non-hydrogen) atoms. The fourth-order valence-corrected chi connectivity index (χ4v) is 1.93. The lowest BCUT2D eigenvalue weighted by Gasteiger charge is -2.14. The van der Waals surface area contributed by atoms with Crippen LogP contribution in [0.4, 0.5) is 0 Å². The Labute approximate surface area is 111 Å². The van der Waals surface area contributed by atoms with Crippen molar-refractivity contribution < 1.29 is 5.11 Å². The lowest BCUT2D eigenvalue weighted by molar-refractivity contribution is 0.460. The van der Waals surface area contributed by atoms with Crippen LogP contribution in [0, 0.1) is 0 Å². The molecule has 0 spiro atoms. The van der Waals surface area contributed by atoms with Crippen LogP contribution in [0.25, 0.3) is 0 Å². The summed E-state index contributed by atoms with van der Waals surface area (Å²) in [7, 11) is 0. The molecule has 0 unspecified atom stereocenters. The lowest BCUT2D eigenvalue weighted by atomic mass is 10.1. The first kappa shape index (κ1) is 12.9. The highest BCUT2D eigenvalue weighted by Crippen LogP contribution is 2.27. The molecule has 1 aromatic carbocycles. The number of aromatic nitrogens is 1. The van der Waals surface area contributed by atoms with E-state index in [0.717, 1.165) is 11.1 Å². The molecule has 2 aromatic rings. The van der Waals surface area contributed by atoms with Gasteiger partial charge in [-0.2, -0.15) is 0 Å². The van der Waals surface area contributed by atoms with Crippen LogP contribution in [0.1, 0.15) is 24.1 Å². The molecule has 0 saturated heterocycles. The number of para-hydroxylation sites is 1. The second kappa shape index (κ2) is 5.85. The minimum Gasteiger partial charge on any atom is -0.506 e. The first-order valence-corrected chi connectivity index (χ1v) is 6.16. The molecule has 0 aliphatic rings. The number of hydrogen-bond acceptors (Lipinski definition) is 3. The van der Waals surface area contributed by atoms with Gasteiger partial charge in [-0.3, -0.25) is 4.98 Å². The minimum atomic E-state index is 0.147. The molecule has 0 bridgehead atoms. The number of halogens is 1. The van der Waals surface area contributed by atoms with Gasteiger partial charge in [0.2, 0.25) is 0 Å². The van der Waals surface area contributed by atoms with Crippen LogP contribution in [0.5, 0.6) is 5.75 Å². The van der Waals surface area contributed by atoms with E-state index in [1.807, 2.05) is 24.3 Å². The van der Waals surface area contributed by atoms with Gasteiger partial charge >= 0.3 is 0 Å². The summed E-state index contributed by atoms with van der Waals surface area (Å²) in [6.45, 7) is 2.63. The van der Waals surface area contributed by atoms with E-state index in [4.69, 9.17) is 11.6 Å². The third kappa shape index (κ3) is 3.00. The molecule has 0 amide bonds. The Morgan fingerprint density at radius 3 is 2.72 bits per heavy atom. The summed E-state index contributed by atoms with van der Waals surface area (Å²) >= 11 is 5.86. The van der Waals surface area contributed by atoms with Crippen LogP contribution in [-0.2, 0) is 6.54 Å². The molecule has 2 N–H and O–H groups in total. The largest absolute Gasteiger partial charge is 0.506 e. The summed E-state index contributed by atoms with van der Waals surface area (Å²) in [4.78, 5) is 3.99. The fraction of sp³-hybridized carbons (Fsp3) is 0.214. The highest BCUT2D eigenvalue weighted by atomic mass is 35.5. The van der Waals surface area contributed by atoms with Gasteiger partial charge in [0, 0.05) is 30.5 Å². The average molecular weight is 263 g/mol. The topological polar surface area (TPSA) is 45.1 Å². The minimum absolute atomic E-state index is 0.147. The predicted octanol–water partition coefficient (Wildman–Crippen LogP) is 3.29. The standard InChI is InChI=1S/C14H15ClN2O/c1-10(11-5-7-16-8-6-11)17-9-12-3-2-4-13(15)14(12)18/h2-8,10,17-18H,9H2,1H3/t10-/m1/s1. The molecule has 3 nitrogen and oxygen atoms in total. The van der Waals surface area contributed by atoms with Gasteiger partial charge in [0.1, 0.15) is 5.75 Å². The number of rotatable bonds is 4. The first-order valence-electron chi connectivity index (χ1n) is 5.78. The lowest BCUT2D eigenvalue weighted by Crippen LogP contribution is -2.18.